The summed E-state index contributed by atoms with van der Waals surface area (Å²) in [5, 5.41) is 5.33. The zero-order valence-corrected chi connectivity index (χ0v) is 15.3. The van der Waals surface area contributed by atoms with Crippen LogP contribution < -0.4 is 10.9 Å². The van der Waals surface area contributed by atoms with Crippen molar-refractivity contribution in [3.05, 3.63) is 76.9 Å². The van der Waals surface area contributed by atoms with Crippen molar-refractivity contribution in [2.24, 2.45) is 0 Å². The van der Waals surface area contributed by atoms with Crippen molar-refractivity contribution in [2.75, 3.05) is 5.32 Å². The predicted octanol–water partition coefficient (Wildman–Crippen LogP) is 2.49. The smallest absolute Gasteiger partial charge is 0.339 e. The number of aromatic nitrogens is 3. The molecule has 0 fully saturated rings. The molecule has 0 radical (unpaired) electrons. The molecule has 4 rings (SSSR count). The number of rotatable bonds is 5. The highest BCUT2D eigenvalue weighted by molar-refractivity contribution is 5.98. The van der Waals surface area contributed by atoms with Gasteiger partial charge < -0.3 is 14.5 Å². The third-order valence-corrected chi connectivity index (χ3v) is 4.21. The number of para-hydroxylation sites is 1. The number of ether oxygens (including phenoxy) is 1. The first kappa shape index (κ1) is 18.2. The normalized spacial score (nSPS) is 11.9. The Hall–Kier alpha value is -4.14. The van der Waals surface area contributed by atoms with Gasteiger partial charge in [0.1, 0.15) is 11.3 Å². The Morgan fingerprint density at radius 2 is 1.97 bits per heavy atom. The lowest BCUT2D eigenvalue weighted by atomic mass is 10.2. The predicted molar refractivity (Wildman–Crippen MR) is 104 cm³/mol. The van der Waals surface area contributed by atoms with Gasteiger partial charge in [0.2, 0.25) is 0 Å². The number of aromatic amines is 1. The Balaban J connectivity index is 1.43. The number of hydrogen-bond donors (Lipinski definition) is 2. The van der Waals surface area contributed by atoms with Crippen molar-refractivity contribution in [3.63, 3.8) is 0 Å². The summed E-state index contributed by atoms with van der Waals surface area (Å²) in [5.41, 5.74) is 1.57. The van der Waals surface area contributed by atoms with E-state index < -0.39 is 18.0 Å². The minimum absolute atomic E-state index is 0.190. The van der Waals surface area contributed by atoms with Crippen molar-refractivity contribution < 1.29 is 18.7 Å². The summed E-state index contributed by atoms with van der Waals surface area (Å²) in [6, 6.07) is 14.8. The van der Waals surface area contributed by atoms with Crippen LogP contribution in [-0.2, 0) is 9.53 Å². The quantitative estimate of drug-likeness (QED) is 0.504. The number of esters is 1. The van der Waals surface area contributed by atoms with Gasteiger partial charge in [-0.2, -0.15) is 0 Å². The maximum absolute atomic E-state index is 12.4. The Morgan fingerprint density at radius 3 is 2.76 bits per heavy atom. The molecule has 2 aromatic heterocycles. The number of hydrogen-bond acceptors (Lipinski definition) is 6. The Labute approximate surface area is 163 Å². The fraction of sp³-hybridized carbons (Fsp3) is 0.100. The van der Waals surface area contributed by atoms with Crippen molar-refractivity contribution in [3.8, 4) is 5.69 Å². The zero-order chi connectivity index (χ0) is 20.4. The first-order valence-electron chi connectivity index (χ1n) is 8.74. The van der Waals surface area contributed by atoms with Gasteiger partial charge >= 0.3 is 5.97 Å². The Kier molecular flexibility index (Phi) is 4.70. The summed E-state index contributed by atoms with van der Waals surface area (Å²) in [6.07, 6.45) is 0.189. The summed E-state index contributed by atoms with van der Waals surface area (Å²) < 4.78 is 11.7. The number of benzene rings is 2. The lowest BCUT2D eigenvalue weighted by molar-refractivity contribution is -0.123. The average molecular weight is 392 g/mol. The molecule has 0 aliphatic rings. The first-order valence-corrected chi connectivity index (χ1v) is 8.74. The van der Waals surface area contributed by atoms with Crippen LogP contribution in [0.2, 0.25) is 0 Å². The Morgan fingerprint density at radius 1 is 1.17 bits per heavy atom. The Bertz CT molecular complexity index is 1240. The van der Waals surface area contributed by atoms with Crippen LogP contribution in [-0.4, -0.2) is 32.7 Å². The minimum Gasteiger partial charge on any atom is -0.449 e. The van der Waals surface area contributed by atoms with Gasteiger partial charge in [-0.15, -0.1) is 0 Å². The van der Waals surface area contributed by atoms with E-state index in [9.17, 15) is 14.4 Å². The second-order valence-corrected chi connectivity index (χ2v) is 6.25. The van der Waals surface area contributed by atoms with Gasteiger partial charge in [-0.3, -0.25) is 14.7 Å². The molecule has 1 atom stereocenters. The number of anilines is 1. The average Bonchev–Trinajstić information content (AvgIpc) is 3.34. The van der Waals surface area contributed by atoms with Crippen LogP contribution in [0.4, 0.5) is 5.82 Å². The molecule has 9 heteroatoms. The molecule has 2 aromatic carbocycles. The van der Waals surface area contributed by atoms with Crippen molar-refractivity contribution >= 4 is 28.8 Å². The van der Waals surface area contributed by atoms with Gasteiger partial charge in [0, 0.05) is 6.07 Å². The maximum Gasteiger partial charge on any atom is 0.339 e. The molecule has 0 aliphatic carbocycles. The van der Waals surface area contributed by atoms with E-state index in [1.807, 2.05) is 6.07 Å². The molecule has 1 unspecified atom stereocenters. The van der Waals surface area contributed by atoms with Crippen LogP contribution in [0.15, 0.2) is 70.2 Å². The molecule has 0 saturated heterocycles. The number of nitrogens with zero attached hydrogens (tertiary/aromatic N) is 2. The maximum atomic E-state index is 12.4. The van der Waals surface area contributed by atoms with E-state index in [4.69, 9.17) is 9.15 Å². The molecular weight excluding hydrogens is 376 g/mol. The number of carbonyl (C=O) groups excluding carboxylic acids is 2. The fourth-order valence-electron chi connectivity index (χ4n) is 2.73. The monoisotopic (exact) mass is 392 g/mol. The van der Waals surface area contributed by atoms with E-state index in [2.05, 4.69) is 15.4 Å². The van der Waals surface area contributed by atoms with Crippen LogP contribution in [0, 0.1) is 0 Å². The number of H-pyrrole nitrogens is 1. The first-order chi connectivity index (χ1) is 14.0. The molecule has 0 bridgehead atoms. The second kappa shape index (κ2) is 7.47. The third-order valence-electron chi connectivity index (χ3n) is 4.21. The van der Waals surface area contributed by atoms with Crippen LogP contribution in [0.3, 0.4) is 0 Å². The van der Waals surface area contributed by atoms with Gasteiger partial charge in [0.15, 0.2) is 18.1 Å². The largest absolute Gasteiger partial charge is 0.449 e. The number of nitrogens with one attached hydrogen (secondary N) is 2. The SMILES string of the molecule is CC(OC(=O)c1ccc2ncoc2c1)C(=O)Nc1cc(=O)n(-c2ccccc2)[nH]1. The van der Waals surface area contributed by atoms with Crippen LogP contribution >= 0.6 is 0 Å². The lowest BCUT2D eigenvalue weighted by Crippen LogP contribution is -2.30. The number of oxazole rings is 1. The van der Waals surface area contributed by atoms with Crippen LogP contribution in [0.25, 0.3) is 16.8 Å². The van der Waals surface area contributed by atoms with Crippen LogP contribution in [0.1, 0.15) is 17.3 Å². The highest BCUT2D eigenvalue weighted by atomic mass is 16.5. The zero-order valence-electron chi connectivity index (χ0n) is 15.3. The summed E-state index contributed by atoms with van der Waals surface area (Å²) in [6.45, 7) is 1.44. The summed E-state index contributed by atoms with van der Waals surface area (Å²) in [7, 11) is 0. The highest BCUT2D eigenvalue weighted by Gasteiger charge is 2.20. The van der Waals surface area contributed by atoms with E-state index in [1.54, 1.807) is 30.3 Å². The number of fused-ring (bicyclic) bond motifs is 1. The second-order valence-electron chi connectivity index (χ2n) is 6.25. The van der Waals surface area contributed by atoms with E-state index in [0.29, 0.717) is 16.8 Å². The van der Waals surface area contributed by atoms with Crippen molar-refractivity contribution in [1.29, 1.82) is 0 Å². The summed E-state index contributed by atoms with van der Waals surface area (Å²) in [4.78, 5) is 40.7. The topological polar surface area (TPSA) is 119 Å². The molecule has 4 aromatic rings. The van der Waals surface area contributed by atoms with Gasteiger partial charge in [-0.05, 0) is 37.3 Å². The molecule has 0 spiro atoms. The van der Waals surface area contributed by atoms with Gasteiger partial charge in [-0.1, -0.05) is 18.2 Å². The summed E-state index contributed by atoms with van der Waals surface area (Å²) >= 11 is 0. The van der Waals surface area contributed by atoms with E-state index >= 15 is 0 Å². The van der Waals surface area contributed by atoms with Crippen LogP contribution in [0.5, 0.6) is 0 Å². The molecule has 146 valence electrons. The summed E-state index contributed by atoms with van der Waals surface area (Å²) in [5.74, 6) is -1.07. The standard InChI is InChI=1S/C20H16N4O5/c1-12(29-20(27)13-7-8-15-16(9-13)28-11-21-15)19(26)22-17-10-18(25)24(23-17)14-5-3-2-4-6-14/h2-12,23H,1H3,(H,22,26). The molecule has 2 N–H and O–H groups in total. The number of carbonyl (C=O) groups is 2. The van der Waals surface area contributed by atoms with Crippen molar-refractivity contribution in [1.82, 2.24) is 14.8 Å². The van der Waals surface area contributed by atoms with E-state index in [0.717, 1.165) is 0 Å². The fourth-order valence-corrected chi connectivity index (χ4v) is 2.73. The molecule has 0 saturated carbocycles. The third kappa shape index (κ3) is 3.79. The van der Waals surface area contributed by atoms with Gasteiger partial charge in [-0.25, -0.2) is 14.5 Å². The molecule has 1 amide bonds. The van der Waals surface area contributed by atoms with Crippen molar-refractivity contribution in [2.45, 2.75) is 13.0 Å². The van der Waals surface area contributed by atoms with E-state index in [1.165, 1.54) is 36.2 Å². The van der Waals surface area contributed by atoms with E-state index in [-0.39, 0.29) is 16.9 Å². The highest BCUT2D eigenvalue weighted by Crippen LogP contribution is 2.16. The van der Waals surface area contributed by atoms with Gasteiger partial charge in [0.05, 0.1) is 11.3 Å². The molecule has 2 heterocycles. The lowest BCUT2D eigenvalue weighted by Gasteiger charge is -2.12. The minimum atomic E-state index is -1.09. The molecule has 29 heavy (non-hydrogen) atoms. The molecule has 0 aliphatic heterocycles. The molecular formula is C20H16N4O5. The molecule has 9 nitrogen and oxygen atoms in total. The van der Waals surface area contributed by atoms with Gasteiger partial charge in [0.25, 0.3) is 11.5 Å². The number of amides is 1.